The average molecular weight is 492 g/mol. The number of hydrogen-bond acceptors (Lipinski definition) is 4. The fourth-order valence-corrected chi connectivity index (χ4v) is 5.63. The van der Waals surface area contributed by atoms with Crippen molar-refractivity contribution in [1.29, 1.82) is 0 Å². The first-order chi connectivity index (χ1) is 16.7. The molecule has 1 saturated heterocycles. The number of carbonyl (C=O) groups excluding carboxylic acids is 1. The Morgan fingerprint density at radius 1 is 0.829 bits per heavy atom. The molecule has 6 nitrogen and oxygen atoms in total. The van der Waals surface area contributed by atoms with Crippen molar-refractivity contribution in [2.24, 2.45) is 0 Å². The first kappa shape index (κ1) is 24.8. The lowest BCUT2D eigenvalue weighted by atomic mass is 10.1. The molecular weight excluding hydrogens is 458 g/mol. The predicted octanol–water partition coefficient (Wildman–Crippen LogP) is 5.33. The molecule has 0 bridgehead atoms. The van der Waals surface area contributed by atoms with Crippen molar-refractivity contribution in [2.75, 3.05) is 22.7 Å². The Morgan fingerprint density at radius 2 is 1.51 bits per heavy atom. The maximum absolute atomic E-state index is 13.1. The van der Waals surface area contributed by atoms with E-state index in [1.54, 1.807) is 31.2 Å². The Kier molecular flexibility index (Phi) is 7.45. The lowest BCUT2D eigenvalue weighted by Gasteiger charge is -2.28. The Balaban J connectivity index is 1.43. The van der Waals surface area contributed by atoms with Gasteiger partial charge in [0, 0.05) is 36.6 Å². The summed E-state index contributed by atoms with van der Waals surface area (Å²) in [7, 11) is -3.85. The summed E-state index contributed by atoms with van der Waals surface area (Å²) >= 11 is 0. The van der Waals surface area contributed by atoms with Crippen molar-refractivity contribution in [3.05, 3.63) is 88.5 Å². The highest BCUT2D eigenvalue weighted by Crippen LogP contribution is 2.23. The molecule has 0 aliphatic carbocycles. The number of nitrogens with zero attached hydrogens (tertiary/aromatic N) is 1. The van der Waals surface area contributed by atoms with Crippen molar-refractivity contribution in [3.8, 4) is 0 Å². The van der Waals surface area contributed by atoms with Crippen LogP contribution in [0.5, 0.6) is 0 Å². The van der Waals surface area contributed by atoms with Crippen molar-refractivity contribution in [1.82, 2.24) is 5.32 Å². The van der Waals surface area contributed by atoms with Crippen molar-refractivity contribution in [2.45, 2.75) is 51.5 Å². The van der Waals surface area contributed by atoms with E-state index in [0.29, 0.717) is 23.4 Å². The van der Waals surface area contributed by atoms with Gasteiger partial charge in [-0.1, -0.05) is 24.3 Å². The molecule has 1 fully saturated rings. The highest BCUT2D eigenvalue weighted by molar-refractivity contribution is 7.92. The second-order valence-electron chi connectivity index (χ2n) is 9.28. The minimum Gasteiger partial charge on any atom is -0.372 e. The molecule has 1 aliphatic rings. The van der Waals surface area contributed by atoms with Gasteiger partial charge in [0.15, 0.2) is 0 Å². The predicted molar refractivity (Wildman–Crippen MR) is 142 cm³/mol. The smallest absolute Gasteiger partial charge is 0.262 e. The fourth-order valence-electron chi connectivity index (χ4n) is 4.31. The van der Waals surface area contributed by atoms with Crippen molar-refractivity contribution < 1.29 is 13.2 Å². The molecule has 35 heavy (non-hydrogen) atoms. The van der Waals surface area contributed by atoms with Crippen LogP contribution in [0.4, 0.5) is 11.4 Å². The first-order valence-corrected chi connectivity index (χ1v) is 13.5. The van der Waals surface area contributed by atoms with Crippen LogP contribution < -0.4 is 14.9 Å². The van der Waals surface area contributed by atoms with Gasteiger partial charge in [0.2, 0.25) is 0 Å². The number of carbonyl (C=O) groups is 1. The lowest BCUT2D eigenvalue weighted by molar-refractivity contribution is 0.0950. The van der Waals surface area contributed by atoms with Gasteiger partial charge >= 0.3 is 0 Å². The summed E-state index contributed by atoms with van der Waals surface area (Å²) in [6.45, 7) is 8.18. The average Bonchev–Trinajstić information content (AvgIpc) is 2.85. The van der Waals surface area contributed by atoms with E-state index in [0.717, 1.165) is 29.8 Å². The molecule has 184 valence electrons. The number of aryl methyl sites for hydroxylation is 3. The molecule has 0 atom stereocenters. The summed E-state index contributed by atoms with van der Waals surface area (Å²) < 4.78 is 28.8. The van der Waals surface area contributed by atoms with E-state index in [4.69, 9.17) is 0 Å². The molecule has 1 amide bonds. The van der Waals surface area contributed by atoms with Crippen molar-refractivity contribution >= 4 is 27.3 Å². The van der Waals surface area contributed by atoms with Gasteiger partial charge in [-0.2, -0.15) is 0 Å². The van der Waals surface area contributed by atoms with Gasteiger partial charge in [-0.15, -0.1) is 0 Å². The van der Waals surface area contributed by atoms with E-state index in [-0.39, 0.29) is 10.8 Å². The van der Waals surface area contributed by atoms with Crippen LogP contribution in [0.1, 0.15) is 51.9 Å². The van der Waals surface area contributed by atoms with Crippen LogP contribution in [0.25, 0.3) is 0 Å². The molecule has 3 aromatic rings. The van der Waals surface area contributed by atoms with Crippen LogP contribution in [0.3, 0.4) is 0 Å². The highest BCUT2D eigenvalue weighted by Gasteiger charge is 2.20. The normalized spacial score (nSPS) is 14.0. The number of hydrogen-bond donors (Lipinski definition) is 2. The number of anilines is 2. The Labute approximate surface area is 208 Å². The fraction of sp³-hybridized carbons (Fsp3) is 0.321. The number of rotatable bonds is 7. The molecular formula is C28H33N3O3S. The summed E-state index contributed by atoms with van der Waals surface area (Å²) in [5.41, 5.74) is 5.67. The third kappa shape index (κ3) is 6.03. The van der Waals surface area contributed by atoms with Gasteiger partial charge in [-0.05, 0) is 98.7 Å². The first-order valence-electron chi connectivity index (χ1n) is 12.1. The molecule has 0 spiro atoms. The van der Waals surface area contributed by atoms with Gasteiger partial charge in [0.25, 0.3) is 15.9 Å². The molecule has 4 rings (SSSR count). The standard InChI is InChI=1S/C28H33N3O3S/c1-20-8-12-25(17-22(20)3)30-35(33,34)27-18-24(11-7-21(27)2)28(32)29-19-23-9-13-26(14-10-23)31-15-5-4-6-16-31/h7-14,17-18,30H,4-6,15-16,19H2,1-3H3,(H,29,32). The summed E-state index contributed by atoms with van der Waals surface area (Å²) in [5.74, 6) is -0.312. The Hall–Kier alpha value is -3.32. The molecule has 0 saturated carbocycles. The zero-order chi connectivity index (χ0) is 25.0. The topological polar surface area (TPSA) is 78.5 Å². The second kappa shape index (κ2) is 10.5. The van der Waals surface area contributed by atoms with E-state index in [1.165, 1.54) is 31.0 Å². The molecule has 1 heterocycles. The zero-order valence-electron chi connectivity index (χ0n) is 20.6. The van der Waals surface area contributed by atoms with Crippen LogP contribution in [0.15, 0.2) is 65.6 Å². The largest absolute Gasteiger partial charge is 0.372 e. The van der Waals surface area contributed by atoms with Crippen LogP contribution in [0.2, 0.25) is 0 Å². The summed E-state index contributed by atoms with van der Waals surface area (Å²) in [5, 5.41) is 2.91. The molecule has 0 aromatic heterocycles. The van der Waals surface area contributed by atoms with Crippen LogP contribution >= 0.6 is 0 Å². The summed E-state index contributed by atoms with van der Waals surface area (Å²) in [4.78, 5) is 15.3. The van der Waals surface area contributed by atoms with Crippen LogP contribution in [0, 0.1) is 20.8 Å². The molecule has 1 aliphatic heterocycles. The number of piperidine rings is 1. The summed E-state index contributed by atoms with van der Waals surface area (Å²) in [6, 6.07) is 18.4. The number of nitrogens with one attached hydrogen (secondary N) is 2. The van der Waals surface area contributed by atoms with E-state index >= 15 is 0 Å². The number of amides is 1. The Bertz CT molecular complexity index is 1310. The van der Waals surface area contributed by atoms with E-state index in [2.05, 4.69) is 27.1 Å². The van der Waals surface area contributed by atoms with Gasteiger partial charge in [-0.25, -0.2) is 8.42 Å². The Morgan fingerprint density at radius 3 is 2.20 bits per heavy atom. The third-order valence-electron chi connectivity index (χ3n) is 6.61. The molecule has 3 aromatic carbocycles. The SMILES string of the molecule is Cc1ccc(NS(=O)(=O)c2cc(C(=O)NCc3ccc(N4CCCCC4)cc3)ccc2C)cc1C. The third-order valence-corrected chi connectivity index (χ3v) is 8.13. The molecule has 2 N–H and O–H groups in total. The maximum Gasteiger partial charge on any atom is 0.262 e. The molecule has 7 heteroatoms. The maximum atomic E-state index is 13.1. The molecule has 0 unspecified atom stereocenters. The minimum atomic E-state index is -3.85. The second-order valence-corrected chi connectivity index (χ2v) is 10.9. The van der Waals surface area contributed by atoms with Gasteiger partial charge < -0.3 is 10.2 Å². The quantitative estimate of drug-likeness (QED) is 0.468. The van der Waals surface area contributed by atoms with Crippen molar-refractivity contribution in [3.63, 3.8) is 0 Å². The number of sulfonamides is 1. The van der Waals surface area contributed by atoms with Gasteiger partial charge in [-0.3, -0.25) is 9.52 Å². The minimum absolute atomic E-state index is 0.0919. The highest BCUT2D eigenvalue weighted by atomic mass is 32.2. The zero-order valence-corrected chi connectivity index (χ0v) is 21.4. The molecule has 0 radical (unpaired) electrons. The number of benzene rings is 3. The van der Waals surface area contributed by atoms with Gasteiger partial charge in [0.05, 0.1) is 4.90 Å². The summed E-state index contributed by atoms with van der Waals surface area (Å²) in [6.07, 6.45) is 3.75. The van der Waals surface area contributed by atoms with Crippen LogP contribution in [-0.2, 0) is 16.6 Å². The van der Waals surface area contributed by atoms with E-state index in [9.17, 15) is 13.2 Å². The van der Waals surface area contributed by atoms with E-state index < -0.39 is 10.0 Å². The lowest BCUT2D eigenvalue weighted by Crippen LogP contribution is -2.29. The van der Waals surface area contributed by atoms with E-state index in [1.807, 2.05) is 32.0 Å². The monoisotopic (exact) mass is 491 g/mol. The van der Waals surface area contributed by atoms with Crippen LogP contribution in [-0.4, -0.2) is 27.4 Å². The van der Waals surface area contributed by atoms with Gasteiger partial charge in [0.1, 0.15) is 0 Å².